The van der Waals surface area contributed by atoms with Crippen molar-refractivity contribution in [3.05, 3.63) is 0 Å². The maximum absolute atomic E-state index is 9.06. The fraction of sp³-hybridized carbons (Fsp3) is 0.833. The second-order valence-corrected chi connectivity index (χ2v) is 0.407. The van der Waals surface area contributed by atoms with Gasteiger partial charge in [0.1, 0.15) is 0 Å². The highest BCUT2D eigenvalue weighted by molar-refractivity contribution is 5.44. The van der Waals surface area contributed by atoms with Crippen molar-refractivity contribution in [1.82, 2.24) is 5.32 Å². The number of rotatable bonds is 1. The monoisotopic (exact) mass is 119 g/mol. The van der Waals surface area contributed by atoms with Gasteiger partial charge in [0, 0.05) is 7.05 Å². The lowest BCUT2D eigenvalue weighted by Crippen LogP contribution is -1.98. The van der Waals surface area contributed by atoms with Gasteiger partial charge in [-0.15, -0.1) is 0 Å². The van der Waals surface area contributed by atoms with Gasteiger partial charge in [-0.05, 0) is 0 Å². The van der Waals surface area contributed by atoms with E-state index < -0.39 is 0 Å². The van der Waals surface area contributed by atoms with Crippen LogP contribution in [0.5, 0.6) is 0 Å². The molecule has 0 atom stereocenters. The molecule has 0 unspecified atom stereocenters. The number of hydrogen-bond donors (Lipinski definition) is 1. The third kappa shape index (κ3) is 495. The molecule has 0 bridgehead atoms. The quantitative estimate of drug-likeness (QED) is 0.519. The Morgan fingerprint density at radius 2 is 1.25 bits per heavy atom. The minimum atomic E-state index is 0.625. The van der Waals surface area contributed by atoms with Crippen molar-refractivity contribution in [3.63, 3.8) is 0 Å². The summed E-state index contributed by atoms with van der Waals surface area (Å²) >= 11 is 0. The summed E-state index contributed by atoms with van der Waals surface area (Å²) in [6, 6.07) is 0. The summed E-state index contributed by atoms with van der Waals surface area (Å²) in [6.07, 6.45) is 0.625. The first-order chi connectivity index (χ1) is 3.91. The van der Waals surface area contributed by atoms with Crippen molar-refractivity contribution in [2.45, 2.75) is 27.7 Å². The largest absolute Gasteiger partial charge is 0.362 e. The maximum Gasteiger partial charge on any atom is 0.206 e. The second-order valence-electron chi connectivity index (χ2n) is 0.407. The molecule has 0 rings (SSSR count). The van der Waals surface area contributed by atoms with Crippen LogP contribution < -0.4 is 5.32 Å². The van der Waals surface area contributed by atoms with E-state index in [1.54, 1.807) is 7.05 Å². The molecular weight excluding hydrogens is 102 g/mol. The first-order valence-corrected chi connectivity index (χ1v) is 3.02. The van der Waals surface area contributed by atoms with E-state index in [4.69, 9.17) is 4.79 Å². The standard InChI is InChI=1S/C2H5NO.2C2H6/c1-3-2-4;2*1-2/h2H,1H3,(H,3,4);2*1-2H3. The van der Waals surface area contributed by atoms with Crippen LogP contribution in [0.2, 0.25) is 0 Å². The van der Waals surface area contributed by atoms with Gasteiger partial charge in [-0.1, -0.05) is 27.7 Å². The molecule has 2 heteroatoms. The molecule has 0 heterocycles. The molecule has 0 spiro atoms. The SMILES string of the molecule is CC.CC.CNC=O. The number of carbonyl (C=O) groups is 1. The molecule has 52 valence electrons. The molecule has 0 aliphatic heterocycles. The van der Waals surface area contributed by atoms with Gasteiger partial charge >= 0.3 is 0 Å². The van der Waals surface area contributed by atoms with Gasteiger partial charge in [-0.2, -0.15) is 0 Å². The van der Waals surface area contributed by atoms with Crippen molar-refractivity contribution in [2.24, 2.45) is 0 Å². The average molecular weight is 119 g/mol. The summed E-state index contributed by atoms with van der Waals surface area (Å²) in [7, 11) is 1.56. The van der Waals surface area contributed by atoms with Crippen LogP contribution in [0.25, 0.3) is 0 Å². The van der Waals surface area contributed by atoms with Gasteiger partial charge in [-0.25, -0.2) is 0 Å². The molecule has 0 saturated heterocycles. The zero-order valence-electron chi connectivity index (χ0n) is 6.49. The van der Waals surface area contributed by atoms with Crippen molar-refractivity contribution >= 4 is 6.41 Å². The van der Waals surface area contributed by atoms with Crippen LogP contribution in [0.1, 0.15) is 27.7 Å². The molecule has 1 amide bonds. The molecule has 2 nitrogen and oxygen atoms in total. The van der Waals surface area contributed by atoms with Crippen molar-refractivity contribution < 1.29 is 4.79 Å². The lowest BCUT2D eigenvalue weighted by molar-refractivity contribution is -0.109. The minimum Gasteiger partial charge on any atom is -0.362 e. The Morgan fingerprint density at radius 3 is 1.25 bits per heavy atom. The third-order valence-electron chi connectivity index (χ3n) is 0.118. The zero-order chi connectivity index (χ0) is 7.41. The Hall–Kier alpha value is -0.530. The van der Waals surface area contributed by atoms with Crippen LogP contribution in [0.15, 0.2) is 0 Å². The van der Waals surface area contributed by atoms with E-state index >= 15 is 0 Å². The topological polar surface area (TPSA) is 29.1 Å². The predicted octanol–water partition coefficient (Wildman–Crippen LogP) is 1.41. The van der Waals surface area contributed by atoms with E-state index in [9.17, 15) is 0 Å². The Bertz CT molecular complexity index is 22.5. The van der Waals surface area contributed by atoms with Crippen LogP contribution in [0.3, 0.4) is 0 Å². The van der Waals surface area contributed by atoms with E-state index in [2.05, 4.69) is 5.32 Å². The minimum absolute atomic E-state index is 0.625. The van der Waals surface area contributed by atoms with Crippen molar-refractivity contribution in [3.8, 4) is 0 Å². The maximum atomic E-state index is 9.06. The van der Waals surface area contributed by atoms with E-state index in [1.165, 1.54) is 0 Å². The molecule has 0 radical (unpaired) electrons. The first-order valence-electron chi connectivity index (χ1n) is 3.02. The Labute approximate surface area is 52.3 Å². The summed E-state index contributed by atoms with van der Waals surface area (Å²) in [5, 5.41) is 2.25. The van der Waals surface area contributed by atoms with Crippen LogP contribution >= 0.6 is 0 Å². The van der Waals surface area contributed by atoms with Gasteiger partial charge in [0.15, 0.2) is 0 Å². The lowest BCUT2D eigenvalue weighted by atomic mass is 11.0. The lowest BCUT2D eigenvalue weighted by Gasteiger charge is -1.64. The highest BCUT2D eigenvalue weighted by Crippen LogP contribution is 1.15. The molecule has 0 saturated carbocycles. The summed E-state index contributed by atoms with van der Waals surface area (Å²) in [5.41, 5.74) is 0. The van der Waals surface area contributed by atoms with Crippen molar-refractivity contribution in [1.29, 1.82) is 0 Å². The normalized spacial score (nSPS) is 4.12. The first kappa shape index (κ1) is 15.6. The van der Waals surface area contributed by atoms with E-state index in [0.717, 1.165) is 0 Å². The third-order valence-corrected chi connectivity index (χ3v) is 0.118. The molecule has 0 aromatic carbocycles. The summed E-state index contributed by atoms with van der Waals surface area (Å²) in [5.74, 6) is 0. The summed E-state index contributed by atoms with van der Waals surface area (Å²) in [4.78, 5) is 9.06. The fourth-order valence-corrected chi connectivity index (χ4v) is 0. The second kappa shape index (κ2) is 89.6. The number of hydrogen-bond acceptors (Lipinski definition) is 1. The highest BCUT2D eigenvalue weighted by Gasteiger charge is 1.43. The molecule has 0 aliphatic rings. The highest BCUT2D eigenvalue weighted by atomic mass is 16.1. The summed E-state index contributed by atoms with van der Waals surface area (Å²) < 4.78 is 0. The van der Waals surface area contributed by atoms with Gasteiger partial charge < -0.3 is 5.32 Å². The molecule has 0 fully saturated rings. The fourth-order valence-electron chi connectivity index (χ4n) is 0. The Balaban J connectivity index is -0.0000000542. The number of amides is 1. The van der Waals surface area contributed by atoms with Crippen molar-refractivity contribution in [2.75, 3.05) is 7.05 Å². The molecule has 0 aromatic rings. The molecule has 0 aliphatic carbocycles. The van der Waals surface area contributed by atoms with Crippen LogP contribution in [-0.2, 0) is 4.79 Å². The van der Waals surface area contributed by atoms with Crippen LogP contribution in [0.4, 0.5) is 0 Å². The summed E-state index contributed by atoms with van der Waals surface area (Å²) in [6.45, 7) is 8.00. The van der Waals surface area contributed by atoms with Crippen LogP contribution in [0, 0.1) is 0 Å². The zero-order valence-corrected chi connectivity index (χ0v) is 6.49. The molecule has 1 N–H and O–H groups in total. The average Bonchev–Trinajstić information content (AvgIpc) is 1.96. The number of carbonyl (C=O) groups excluding carboxylic acids is 1. The van der Waals surface area contributed by atoms with Gasteiger partial charge in [0.25, 0.3) is 0 Å². The van der Waals surface area contributed by atoms with E-state index in [0.29, 0.717) is 6.41 Å². The van der Waals surface area contributed by atoms with Gasteiger partial charge in [-0.3, -0.25) is 4.79 Å². The number of nitrogens with one attached hydrogen (secondary N) is 1. The Morgan fingerprint density at radius 1 is 1.12 bits per heavy atom. The van der Waals surface area contributed by atoms with E-state index in [1.807, 2.05) is 27.7 Å². The predicted molar refractivity (Wildman–Crippen MR) is 37.8 cm³/mol. The Kier molecular flexibility index (Phi) is 175. The van der Waals surface area contributed by atoms with Gasteiger partial charge in [0.05, 0.1) is 0 Å². The smallest absolute Gasteiger partial charge is 0.206 e. The van der Waals surface area contributed by atoms with E-state index in [-0.39, 0.29) is 0 Å². The molecular formula is C6H17NO. The van der Waals surface area contributed by atoms with Gasteiger partial charge in [0.2, 0.25) is 6.41 Å². The van der Waals surface area contributed by atoms with Crippen LogP contribution in [-0.4, -0.2) is 13.5 Å². The molecule has 8 heavy (non-hydrogen) atoms. The molecule has 0 aromatic heterocycles.